The Balaban J connectivity index is 1.68. The van der Waals surface area contributed by atoms with E-state index in [1.54, 1.807) is 0 Å². The molecule has 0 atom stereocenters. The van der Waals surface area contributed by atoms with Crippen molar-refractivity contribution in [2.75, 3.05) is 41.7 Å². The number of amides is 2. The van der Waals surface area contributed by atoms with Gasteiger partial charge in [-0.15, -0.1) is 0 Å². The number of carbonyl (C=O) groups excluding carboxylic acids is 3. The van der Waals surface area contributed by atoms with Gasteiger partial charge in [0.25, 0.3) is 0 Å². The van der Waals surface area contributed by atoms with Gasteiger partial charge in [-0.25, -0.2) is 4.58 Å². The number of nitrogens with one attached hydrogen (secondary N) is 2. The van der Waals surface area contributed by atoms with Gasteiger partial charge in [-0.05, 0) is 36.6 Å². The fourth-order valence-electron chi connectivity index (χ4n) is 6.29. The molecule has 0 saturated carbocycles. The van der Waals surface area contributed by atoms with Gasteiger partial charge in [0, 0.05) is 76.0 Å². The van der Waals surface area contributed by atoms with E-state index in [0.29, 0.717) is 22.2 Å². The molecule has 0 aromatic heterocycles. The average molecular weight is 627 g/mol. The number of ketones is 1. The number of rotatable bonds is 9. The summed E-state index contributed by atoms with van der Waals surface area (Å²) in [6, 6.07) is 7.74. The molecule has 0 bridgehead atoms. The maximum atomic E-state index is 14.1. The number of benzene rings is 2. The van der Waals surface area contributed by atoms with Crippen LogP contribution in [-0.2, 0) is 27.2 Å². The lowest BCUT2D eigenvalue weighted by Gasteiger charge is -2.33. The third-order valence-electron chi connectivity index (χ3n) is 9.29. The molecule has 0 fully saturated rings. The molecule has 0 saturated heterocycles. The summed E-state index contributed by atoms with van der Waals surface area (Å²) in [6.07, 6.45) is 5.90. The number of hydrogen-bond donors (Lipinski definition) is 2. The minimum atomic E-state index is -0.663. The molecule has 2 N–H and O–H groups in total. The molecule has 46 heavy (non-hydrogen) atoms. The summed E-state index contributed by atoms with van der Waals surface area (Å²) in [5.41, 5.74) is 3.49. The predicted octanol–water partition coefficient (Wildman–Crippen LogP) is 4.17. The van der Waals surface area contributed by atoms with Crippen molar-refractivity contribution in [1.29, 1.82) is 0 Å². The number of allylic oxidation sites excluding steroid dienone is 2. The second kappa shape index (κ2) is 12.7. The molecule has 5 rings (SSSR count). The zero-order valence-electron chi connectivity index (χ0n) is 28.9. The van der Waals surface area contributed by atoms with Gasteiger partial charge in [0.05, 0.1) is 11.4 Å². The topological polar surface area (TPSA) is 105 Å². The zero-order chi connectivity index (χ0) is 33.6. The smallest absolute Gasteiger partial charge is 0.229 e. The minimum absolute atomic E-state index is 0.0900. The fraction of sp³-hybridized carbons (Fsp3) is 0.526. The van der Waals surface area contributed by atoms with E-state index >= 15 is 0 Å². The minimum Gasteiger partial charge on any atom is -0.871 e. The van der Waals surface area contributed by atoms with Crippen LogP contribution >= 0.6 is 0 Å². The van der Waals surface area contributed by atoms with Crippen molar-refractivity contribution in [2.24, 2.45) is 10.8 Å². The van der Waals surface area contributed by atoms with Crippen LogP contribution in [-0.4, -0.2) is 43.8 Å². The molecule has 0 radical (unpaired) electrons. The van der Waals surface area contributed by atoms with E-state index in [4.69, 9.17) is 0 Å². The number of unbranched alkanes of at least 4 members (excludes halogenated alkanes) is 2. The van der Waals surface area contributed by atoms with E-state index in [0.717, 1.165) is 86.9 Å². The molecule has 0 spiro atoms. The van der Waals surface area contributed by atoms with Gasteiger partial charge in [-0.2, -0.15) is 0 Å². The monoisotopic (exact) mass is 626 g/mol. The van der Waals surface area contributed by atoms with E-state index < -0.39 is 10.8 Å². The molecule has 246 valence electrons. The van der Waals surface area contributed by atoms with E-state index in [2.05, 4.69) is 34.0 Å². The summed E-state index contributed by atoms with van der Waals surface area (Å²) >= 11 is 0. The Kier molecular flexibility index (Phi) is 9.22. The van der Waals surface area contributed by atoms with E-state index in [1.165, 1.54) is 0 Å². The molecule has 2 aromatic rings. The Morgan fingerprint density at radius 3 is 2.11 bits per heavy atom. The maximum absolute atomic E-state index is 14.1. The van der Waals surface area contributed by atoms with Crippen molar-refractivity contribution in [3.8, 4) is 0 Å². The first-order valence-electron chi connectivity index (χ1n) is 17.0. The van der Waals surface area contributed by atoms with Crippen LogP contribution in [0.4, 0.5) is 17.1 Å². The first kappa shape index (κ1) is 33.4. The number of hydrogen-bond acceptors (Lipinski definition) is 5. The Labute approximate surface area is 273 Å². The van der Waals surface area contributed by atoms with Gasteiger partial charge in [0.1, 0.15) is 13.1 Å². The number of Topliss-reactive ketones (excluding diaryl/α,β-unsaturated/α-hetero) is 1. The number of nitrogens with zero attached hydrogens (tertiary/aromatic N) is 2. The molecule has 3 aliphatic rings. The Bertz CT molecular complexity index is 1750. The Morgan fingerprint density at radius 1 is 0.848 bits per heavy atom. The summed E-state index contributed by atoms with van der Waals surface area (Å²) in [5, 5.41) is 21.7. The predicted molar refractivity (Wildman–Crippen MR) is 184 cm³/mol. The van der Waals surface area contributed by atoms with Gasteiger partial charge in [-0.1, -0.05) is 74.0 Å². The molecule has 1 aliphatic carbocycles. The van der Waals surface area contributed by atoms with Crippen LogP contribution in [0.3, 0.4) is 0 Å². The molecule has 2 aliphatic heterocycles. The second-order valence-electron chi connectivity index (χ2n) is 15.1. The summed E-state index contributed by atoms with van der Waals surface area (Å²) in [5.74, 6) is -1.09. The fourth-order valence-corrected chi connectivity index (χ4v) is 6.29. The van der Waals surface area contributed by atoms with Crippen LogP contribution in [0.2, 0.25) is 0 Å². The lowest BCUT2D eigenvalue weighted by molar-refractivity contribution is -0.292. The van der Waals surface area contributed by atoms with Crippen LogP contribution in [0.15, 0.2) is 30.0 Å². The van der Waals surface area contributed by atoms with Crippen LogP contribution in [0.5, 0.6) is 0 Å². The first-order chi connectivity index (χ1) is 21.6. The third kappa shape index (κ3) is 6.36. The highest BCUT2D eigenvalue weighted by molar-refractivity contribution is 6.52. The van der Waals surface area contributed by atoms with Gasteiger partial charge in [-0.3, -0.25) is 14.4 Å². The van der Waals surface area contributed by atoms with Crippen LogP contribution < -0.4 is 35.8 Å². The van der Waals surface area contributed by atoms with Crippen molar-refractivity contribution in [3.63, 3.8) is 0 Å². The highest BCUT2D eigenvalue weighted by Crippen LogP contribution is 2.43. The Hall–Kier alpha value is -3.94. The van der Waals surface area contributed by atoms with E-state index in [-0.39, 0.29) is 34.5 Å². The van der Waals surface area contributed by atoms with Crippen LogP contribution in [0.1, 0.15) is 97.8 Å². The maximum Gasteiger partial charge on any atom is 0.229 e. The van der Waals surface area contributed by atoms with Gasteiger partial charge >= 0.3 is 0 Å². The summed E-state index contributed by atoms with van der Waals surface area (Å²) in [7, 11) is 0. The standard InChI is InChI=1S/C38H50N4O4/c1-9-11-15-41-17-13-23-19-25(27(21-29(23)41)39-35(45)37(3,4)5)31-33(43)32(34(31)44)26-20-24-14-18-42(16-12-10-2)30(24)22-28(26)40-36(46)38(6,7)8/h19-22H,9-18H2,1-8H3,(H2,39,40,43,44,45,46). The number of carbonyl (C=O) groups is 3. The number of anilines is 3. The van der Waals surface area contributed by atoms with Crippen molar-refractivity contribution >= 4 is 45.8 Å². The zero-order valence-corrected chi connectivity index (χ0v) is 28.9. The number of fused-ring (bicyclic) bond motifs is 2. The lowest BCUT2D eigenvalue weighted by Crippen LogP contribution is -2.38. The van der Waals surface area contributed by atoms with Crippen LogP contribution in [0.25, 0.3) is 11.1 Å². The quantitative estimate of drug-likeness (QED) is 0.407. The van der Waals surface area contributed by atoms with E-state index in [9.17, 15) is 19.5 Å². The van der Waals surface area contributed by atoms with E-state index in [1.807, 2.05) is 65.8 Å². The highest BCUT2D eigenvalue weighted by Gasteiger charge is 2.35. The van der Waals surface area contributed by atoms with Crippen molar-refractivity contribution in [2.45, 2.75) is 93.9 Å². The molecular formula is C38H50N4O4. The largest absolute Gasteiger partial charge is 0.871 e. The third-order valence-corrected chi connectivity index (χ3v) is 9.29. The SMILES string of the molecule is CCCCN1CCc2cc(C3=C([O-])/C(=c4\cc5c(cc4NC(=O)C(C)(C)C)=[N+](CCCC)CC5)C3=O)c(NC(=O)C(C)(C)C)cc21. The van der Waals surface area contributed by atoms with Gasteiger partial charge < -0.3 is 20.6 Å². The molecule has 2 heterocycles. The summed E-state index contributed by atoms with van der Waals surface area (Å²) in [4.78, 5) is 42.8. The second-order valence-corrected chi connectivity index (χ2v) is 15.1. The lowest BCUT2D eigenvalue weighted by atomic mass is 9.80. The molecule has 0 unspecified atom stereocenters. The summed E-state index contributed by atoms with van der Waals surface area (Å²) < 4.78 is 2.32. The normalized spacial score (nSPS) is 17.3. The van der Waals surface area contributed by atoms with Crippen LogP contribution in [0, 0.1) is 10.8 Å². The van der Waals surface area contributed by atoms with Gasteiger partial charge in [0.15, 0.2) is 5.78 Å². The van der Waals surface area contributed by atoms with Crippen molar-refractivity contribution in [1.82, 2.24) is 4.58 Å². The molecule has 2 aromatic carbocycles. The van der Waals surface area contributed by atoms with Crippen molar-refractivity contribution < 1.29 is 19.5 Å². The molecular weight excluding hydrogens is 576 g/mol. The summed E-state index contributed by atoms with van der Waals surface area (Å²) in [6.45, 7) is 18.9. The molecule has 8 nitrogen and oxygen atoms in total. The van der Waals surface area contributed by atoms with Gasteiger partial charge in [0.2, 0.25) is 17.2 Å². The highest BCUT2D eigenvalue weighted by atomic mass is 16.3. The Morgan fingerprint density at radius 2 is 1.50 bits per heavy atom. The van der Waals surface area contributed by atoms with Crippen molar-refractivity contribution in [3.05, 3.63) is 57.3 Å². The first-order valence-corrected chi connectivity index (χ1v) is 17.0. The molecule has 2 amide bonds. The molecule has 8 heteroatoms. The average Bonchev–Trinajstić information content (AvgIpc) is 3.56.